The third-order valence-electron chi connectivity index (χ3n) is 4.38. The SMILES string of the molecule is CC(=O)Nc1ccc(Cc2nc(-c3ccccc3)cc3cccnc23)cc1. The van der Waals surface area contributed by atoms with Gasteiger partial charge in [0.25, 0.3) is 0 Å². The average Bonchev–Trinajstić information content (AvgIpc) is 2.70. The molecule has 0 fully saturated rings. The standard InChI is InChI=1S/C23H19N3O/c1-16(27)25-20-11-9-17(10-12-20)14-22-23-19(8-5-13-24-23)15-21(26-22)18-6-3-2-4-7-18/h2-13,15H,14H2,1H3,(H,25,27). The Morgan fingerprint density at radius 1 is 0.963 bits per heavy atom. The topological polar surface area (TPSA) is 54.9 Å². The van der Waals surface area contributed by atoms with Gasteiger partial charge in [-0.1, -0.05) is 48.5 Å². The average molecular weight is 353 g/mol. The summed E-state index contributed by atoms with van der Waals surface area (Å²) in [7, 11) is 0. The molecule has 4 nitrogen and oxygen atoms in total. The Balaban J connectivity index is 1.73. The number of carbonyl (C=O) groups excluding carboxylic acids is 1. The Kier molecular flexibility index (Phi) is 4.62. The number of nitrogens with one attached hydrogen (secondary N) is 1. The van der Waals surface area contributed by atoms with Crippen LogP contribution in [0.15, 0.2) is 79.0 Å². The van der Waals surface area contributed by atoms with Gasteiger partial charge in [-0.05, 0) is 29.8 Å². The zero-order chi connectivity index (χ0) is 18.6. The van der Waals surface area contributed by atoms with E-state index < -0.39 is 0 Å². The highest BCUT2D eigenvalue weighted by molar-refractivity contribution is 5.88. The van der Waals surface area contributed by atoms with Gasteiger partial charge in [0.15, 0.2) is 0 Å². The number of rotatable bonds is 4. The molecule has 27 heavy (non-hydrogen) atoms. The number of fused-ring (bicyclic) bond motifs is 1. The Labute approximate surface area is 157 Å². The zero-order valence-corrected chi connectivity index (χ0v) is 15.0. The molecule has 1 N–H and O–H groups in total. The summed E-state index contributed by atoms with van der Waals surface area (Å²) in [5, 5.41) is 3.87. The molecule has 0 aliphatic rings. The van der Waals surface area contributed by atoms with Gasteiger partial charge in [-0.2, -0.15) is 0 Å². The minimum atomic E-state index is -0.0739. The van der Waals surface area contributed by atoms with E-state index in [-0.39, 0.29) is 5.91 Å². The van der Waals surface area contributed by atoms with Gasteiger partial charge in [0, 0.05) is 36.2 Å². The van der Waals surface area contributed by atoms with Crippen LogP contribution < -0.4 is 5.32 Å². The lowest BCUT2D eigenvalue weighted by Crippen LogP contribution is -2.05. The maximum Gasteiger partial charge on any atom is 0.221 e. The van der Waals surface area contributed by atoms with E-state index in [1.165, 1.54) is 6.92 Å². The van der Waals surface area contributed by atoms with Crippen LogP contribution in [0.1, 0.15) is 18.2 Å². The number of benzene rings is 2. The van der Waals surface area contributed by atoms with Gasteiger partial charge in [-0.15, -0.1) is 0 Å². The van der Waals surface area contributed by atoms with Crippen molar-refractivity contribution in [2.24, 2.45) is 0 Å². The van der Waals surface area contributed by atoms with E-state index in [9.17, 15) is 4.79 Å². The molecule has 0 radical (unpaired) electrons. The molecule has 0 saturated carbocycles. The molecule has 0 aliphatic heterocycles. The fourth-order valence-corrected chi connectivity index (χ4v) is 3.14. The summed E-state index contributed by atoms with van der Waals surface area (Å²) in [6.07, 6.45) is 2.48. The second-order valence-electron chi connectivity index (χ2n) is 6.45. The van der Waals surface area contributed by atoms with Crippen LogP contribution in [0, 0.1) is 0 Å². The van der Waals surface area contributed by atoms with Crippen LogP contribution in [0.3, 0.4) is 0 Å². The minimum Gasteiger partial charge on any atom is -0.326 e. The largest absolute Gasteiger partial charge is 0.326 e. The predicted octanol–water partition coefficient (Wildman–Crippen LogP) is 4.85. The van der Waals surface area contributed by atoms with E-state index in [0.29, 0.717) is 6.42 Å². The smallest absolute Gasteiger partial charge is 0.221 e. The van der Waals surface area contributed by atoms with Crippen LogP contribution in [0.2, 0.25) is 0 Å². The van der Waals surface area contributed by atoms with Crippen LogP contribution >= 0.6 is 0 Å². The summed E-state index contributed by atoms with van der Waals surface area (Å²) in [5.41, 5.74) is 5.81. The number of nitrogens with zero attached hydrogens (tertiary/aromatic N) is 2. The molecule has 2 aromatic heterocycles. The molecule has 4 rings (SSSR count). The molecule has 2 aromatic carbocycles. The monoisotopic (exact) mass is 353 g/mol. The van der Waals surface area contributed by atoms with Crippen molar-refractivity contribution in [3.05, 3.63) is 90.3 Å². The number of hydrogen-bond acceptors (Lipinski definition) is 3. The lowest BCUT2D eigenvalue weighted by molar-refractivity contribution is -0.114. The van der Waals surface area contributed by atoms with E-state index in [2.05, 4.69) is 34.6 Å². The Morgan fingerprint density at radius 2 is 1.74 bits per heavy atom. The number of carbonyl (C=O) groups is 1. The summed E-state index contributed by atoms with van der Waals surface area (Å²) < 4.78 is 0. The second-order valence-corrected chi connectivity index (χ2v) is 6.45. The molecular formula is C23H19N3O. The first kappa shape index (κ1) is 16.9. The van der Waals surface area contributed by atoms with E-state index in [1.54, 1.807) is 6.20 Å². The van der Waals surface area contributed by atoms with Crippen molar-refractivity contribution < 1.29 is 4.79 Å². The molecule has 4 aromatic rings. The van der Waals surface area contributed by atoms with Crippen molar-refractivity contribution >= 4 is 22.5 Å². The number of amides is 1. The highest BCUT2D eigenvalue weighted by Gasteiger charge is 2.10. The molecule has 0 unspecified atom stereocenters. The third-order valence-corrected chi connectivity index (χ3v) is 4.38. The van der Waals surface area contributed by atoms with E-state index in [1.807, 2.05) is 48.5 Å². The molecule has 1 amide bonds. The lowest BCUT2D eigenvalue weighted by atomic mass is 10.0. The summed E-state index contributed by atoms with van der Waals surface area (Å²) in [5.74, 6) is -0.0739. The van der Waals surface area contributed by atoms with Gasteiger partial charge in [0.05, 0.1) is 16.9 Å². The highest BCUT2D eigenvalue weighted by atomic mass is 16.1. The number of hydrogen-bond donors (Lipinski definition) is 1. The number of pyridine rings is 2. The lowest BCUT2D eigenvalue weighted by Gasteiger charge is -2.10. The summed E-state index contributed by atoms with van der Waals surface area (Å²) in [6.45, 7) is 1.50. The van der Waals surface area contributed by atoms with Gasteiger partial charge < -0.3 is 5.32 Å². The summed E-state index contributed by atoms with van der Waals surface area (Å²) >= 11 is 0. The molecule has 4 heteroatoms. The highest BCUT2D eigenvalue weighted by Crippen LogP contribution is 2.25. The molecule has 0 spiro atoms. The second kappa shape index (κ2) is 7.38. The molecule has 132 valence electrons. The van der Waals surface area contributed by atoms with Gasteiger partial charge >= 0.3 is 0 Å². The van der Waals surface area contributed by atoms with Crippen LogP contribution in [0.4, 0.5) is 5.69 Å². The quantitative estimate of drug-likeness (QED) is 0.571. The van der Waals surface area contributed by atoms with Crippen molar-refractivity contribution in [1.82, 2.24) is 9.97 Å². The van der Waals surface area contributed by atoms with E-state index in [4.69, 9.17) is 4.98 Å². The van der Waals surface area contributed by atoms with Gasteiger partial charge in [0.1, 0.15) is 0 Å². The summed E-state index contributed by atoms with van der Waals surface area (Å²) in [6, 6.07) is 24.1. The van der Waals surface area contributed by atoms with Crippen molar-refractivity contribution in [2.45, 2.75) is 13.3 Å². The normalized spacial score (nSPS) is 10.7. The van der Waals surface area contributed by atoms with Crippen molar-refractivity contribution in [1.29, 1.82) is 0 Å². The number of anilines is 1. The fourth-order valence-electron chi connectivity index (χ4n) is 3.14. The molecule has 0 saturated heterocycles. The minimum absolute atomic E-state index is 0.0739. The molecule has 0 aliphatic carbocycles. The first-order valence-electron chi connectivity index (χ1n) is 8.85. The van der Waals surface area contributed by atoms with Gasteiger partial charge in [-0.3, -0.25) is 14.8 Å². The fraction of sp³-hybridized carbons (Fsp3) is 0.0870. The third kappa shape index (κ3) is 3.85. The van der Waals surface area contributed by atoms with Crippen LogP contribution in [0.5, 0.6) is 0 Å². The maximum absolute atomic E-state index is 11.2. The Bertz CT molecular complexity index is 1090. The molecule has 2 heterocycles. The van der Waals surface area contributed by atoms with Crippen molar-refractivity contribution in [2.75, 3.05) is 5.32 Å². The molecule has 0 bridgehead atoms. The van der Waals surface area contributed by atoms with Gasteiger partial charge in [-0.25, -0.2) is 0 Å². The first-order valence-corrected chi connectivity index (χ1v) is 8.85. The summed E-state index contributed by atoms with van der Waals surface area (Å²) in [4.78, 5) is 20.6. The molecular weight excluding hydrogens is 334 g/mol. The van der Waals surface area contributed by atoms with Crippen LogP contribution in [-0.2, 0) is 11.2 Å². The Hall–Kier alpha value is -3.53. The van der Waals surface area contributed by atoms with Crippen molar-refractivity contribution in [3.63, 3.8) is 0 Å². The van der Waals surface area contributed by atoms with Crippen LogP contribution in [0.25, 0.3) is 22.2 Å². The molecule has 0 atom stereocenters. The first-order chi connectivity index (χ1) is 13.2. The number of aromatic nitrogens is 2. The predicted molar refractivity (Wildman–Crippen MR) is 109 cm³/mol. The van der Waals surface area contributed by atoms with Gasteiger partial charge in [0.2, 0.25) is 5.91 Å². The zero-order valence-electron chi connectivity index (χ0n) is 15.0. The van der Waals surface area contributed by atoms with Crippen molar-refractivity contribution in [3.8, 4) is 11.3 Å². The Morgan fingerprint density at radius 3 is 2.48 bits per heavy atom. The van der Waals surface area contributed by atoms with Crippen LogP contribution in [-0.4, -0.2) is 15.9 Å². The maximum atomic E-state index is 11.2. The van der Waals surface area contributed by atoms with E-state index in [0.717, 1.165) is 39.1 Å². The van der Waals surface area contributed by atoms with E-state index >= 15 is 0 Å².